The highest BCUT2D eigenvalue weighted by atomic mass is 16.5. The zero-order chi connectivity index (χ0) is 20.1. The van der Waals surface area contributed by atoms with E-state index in [2.05, 4.69) is 15.0 Å². The third-order valence-corrected chi connectivity index (χ3v) is 5.73. The van der Waals surface area contributed by atoms with E-state index in [1.165, 1.54) is 0 Å². The first kappa shape index (κ1) is 20.8. The van der Waals surface area contributed by atoms with E-state index in [0.29, 0.717) is 13.2 Å². The maximum absolute atomic E-state index is 13.0. The minimum absolute atomic E-state index is 0.120. The number of aryl methyl sites for hydroxylation is 1. The zero-order valence-electron chi connectivity index (χ0n) is 17.2. The number of rotatable bonds is 6. The molecule has 0 aromatic carbocycles. The number of piperazine rings is 1. The molecule has 156 valence electrons. The molecule has 0 bridgehead atoms. The van der Waals surface area contributed by atoms with Gasteiger partial charge in [-0.2, -0.15) is 0 Å². The van der Waals surface area contributed by atoms with Gasteiger partial charge in [0.15, 0.2) is 0 Å². The van der Waals surface area contributed by atoms with Gasteiger partial charge in [-0.1, -0.05) is 5.16 Å². The van der Waals surface area contributed by atoms with Crippen molar-refractivity contribution < 1.29 is 18.8 Å². The van der Waals surface area contributed by atoms with Gasteiger partial charge in [-0.25, -0.2) is 0 Å². The average Bonchev–Trinajstić information content (AvgIpc) is 3.12. The lowest BCUT2D eigenvalue weighted by molar-refractivity contribution is -0.152. The van der Waals surface area contributed by atoms with E-state index in [9.17, 15) is 9.59 Å². The summed E-state index contributed by atoms with van der Waals surface area (Å²) in [6, 6.07) is 1.80. The molecular formula is C20H32N4O4. The SMILES string of the molecule is CCOC(=O)C1CCCN(C(=O)C(C)N2CCN(Cc3cc(C)on3)CC2)C1. The van der Waals surface area contributed by atoms with Crippen molar-refractivity contribution in [2.75, 3.05) is 45.9 Å². The highest BCUT2D eigenvalue weighted by molar-refractivity contribution is 5.82. The van der Waals surface area contributed by atoms with Gasteiger partial charge in [-0.15, -0.1) is 0 Å². The number of amides is 1. The summed E-state index contributed by atoms with van der Waals surface area (Å²) in [5.74, 6) is 0.585. The summed E-state index contributed by atoms with van der Waals surface area (Å²) in [7, 11) is 0. The minimum atomic E-state index is -0.187. The summed E-state index contributed by atoms with van der Waals surface area (Å²) in [5, 5.41) is 4.06. The van der Waals surface area contributed by atoms with Crippen LogP contribution >= 0.6 is 0 Å². The molecule has 2 aliphatic heterocycles. The molecule has 2 saturated heterocycles. The number of ether oxygens (including phenoxy) is 1. The molecule has 1 amide bonds. The van der Waals surface area contributed by atoms with Crippen molar-refractivity contribution >= 4 is 11.9 Å². The van der Waals surface area contributed by atoms with Gasteiger partial charge in [0.2, 0.25) is 5.91 Å². The Morgan fingerprint density at radius 2 is 2.04 bits per heavy atom. The van der Waals surface area contributed by atoms with E-state index in [4.69, 9.17) is 9.26 Å². The first-order valence-electron chi connectivity index (χ1n) is 10.3. The molecule has 2 aliphatic rings. The van der Waals surface area contributed by atoms with Gasteiger partial charge in [0.1, 0.15) is 5.76 Å². The molecule has 2 unspecified atom stereocenters. The van der Waals surface area contributed by atoms with Crippen LogP contribution in [0.3, 0.4) is 0 Å². The summed E-state index contributed by atoms with van der Waals surface area (Å²) in [6.07, 6.45) is 1.66. The van der Waals surface area contributed by atoms with Crippen LogP contribution in [-0.4, -0.2) is 83.7 Å². The summed E-state index contributed by atoms with van der Waals surface area (Å²) in [5.41, 5.74) is 0.952. The standard InChI is InChI=1S/C20H32N4O4/c1-4-27-20(26)17-6-5-7-24(13-17)19(25)16(3)23-10-8-22(9-11-23)14-18-12-15(2)28-21-18/h12,16-17H,4-11,13-14H2,1-3H3. The Balaban J connectivity index is 1.48. The molecule has 2 fully saturated rings. The van der Waals surface area contributed by atoms with E-state index in [1.54, 1.807) is 0 Å². The molecule has 28 heavy (non-hydrogen) atoms. The number of piperidine rings is 1. The molecule has 8 heteroatoms. The van der Waals surface area contributed by atoms with Gasteiger partial charge in [0.25, 0.3) is 0 Å². The Kier molecular flexibility index (Phi) is 7.07. The Labute approximate surface area is 166 Å². The molecule has 0 spiro atoms. The fourth-order valence-corrected chi connectivity index (χ4v) is 4.08. The number of aromatic nitrogens is 1. The number of nitrogens with zero attached hydrogens (tertiary/aromatic N) is 4. The molecule has 3 rings (SSSR count). The number of esters is 1. The van der Waals surface area contributed by atoms with E-state index >= 15 is 0 Å². The molecule has 0 radical (unpaired) electrons. The third-order valence-electron chi connectivity index (χ3n) is 5.73. The van der Waals surface area contributed by atoms with Crippen molar-refractivity contribution in [2.24, 2.45) is 5.92 Å². The molecule has 0 saturated carbocycles. The van der Waals surface area contributed by atoms with Crippen LogP contribution in [0.5, 0.6) is 0 Å². The second-order valence-electron chi connectivity index (χ2n) is 7.79. The molecule has 2 atom stereocenters. The van der Waals surface area contributed by atoms with E-state index in [0.717, 1.165) is 63.6 Å². The van der Waals surface area contributed by atoms with Crippen LogP contribution in [0.25, 0.3) is 0 Å². The van der Waals surface area contributed by atoms with Crippen molar-refractivity contribution in [3.05, 3.63) is 17.5 Å². The lowest BCUT2D eigenvalue weighted by Gasteiger charge is -2.40. The number of carbonyl (C=O) groups is 2. The fourth-order valence-electron chi connectivity index (χ4n) is 4.08. The summed E-state index contributed by atoms with van der Waals surface area (Å²) >= 11 is 0. The van der Waals surface area contributed by atoms with Crippen LogP contribution in [0.15, 0.2) is 10.6 Å². The fraction of sp³-hybridized carbons (Fsp3) is 0.750. The summed E-state index contributed by atoms with van der Waals surface area (Å²) in [4.78, 5) is 31.5. The maximum atomic E-state index is 13.0. The topological polar surface area (TPSA) is 79.1 Å². The van der Waals surface area contributed by atoms with Gasteiger partial charge in [0, 0.05) is 51.9 Å². The lowest BCUT2D eigenvalue weighted by atomic mass is 9.97. The maximum Gasteiger partial charge on any atom is 0.310 e. The third kappa shape index (κ3) is 5.11. The Hall–Kier alpha value is -1.93. The normalized spacial score (nSPS) is 22.8. The number of hydrogen-bond donors (Lipinski definition) is 0. The lowest BCUT2D eigenvalue weighted by Crippen LogP contribution is -2.55. The molecule has 1 aromatic heterocycles. The van der Waals surface area contributed by atoms with Gasteiger partial charge >= 0.3 is 5.97 Å². The van der Waals surface area contributed by atoms with E-state index in [1.807, 2.05) is 31.7 Å². The molecule has 8 nitrogen and oxygen atoms in total. The minimum Gasteiger partial charge on any atom is -0.466 e. The van der Waals surface area contributed by atoms with Gasteiger partial charge in [0.05, 0.1) is 24.3 Å². The monoisotopic (exact) mass is 392 g/mol. The van der Waals surface area contributed by atoms with Crippen LogP contribution in [0.2, 0.25) is 0 Å². The van der Waals surface area contributed by atoms with Gasteiger partial charge < -0.3 is 14.2 Å². The quantitative estimate of drug-likeness (QED) is 0.675. The highest BCUT2D eigenvalue weighted by Crippen LogP contribution is 2.20. The molecule has 1 aromatic rings. The predicted octanol–water partition coefficient (Wildman–Crippen LogP) is 1.29. The molecule has 0 N–H and O–H groups in total. The second-order valence-corrected chi connectivity index (χ2v) is 7.79. The van der Waals surface area contributed by atoms with Crippen molar-refractivity contribution in [3.63, 3.8) is 0 Å². The first-order valence-corrected chi connectivity index (χ1v) is 10.3. The first-order chi connectivity index (χ1) is 13.5. The van der Waals surface area contributed by atoms with Crippen LogP contribution < -0.4 is 0 Å². The number of carbonyl (C=O) groups excluding carboxylic acids is 2. The highest BCUT2D eigenvalue weighted by Gasteiger charge is 2.34. The number of likely N-dealkylation sites (tertiary alicyclic amines) is 1. The molecule has 3 heterocycles. The molecular weight excluding hydrogens is 360 g/mol. The Morgan fingerprint density at radius 1 is 1.29 bits per heavy atom. The van der Waals surface area contributed by atoms with Crippen molar-refractivity contribution in [1.29, 1.82) is 0 Å². The van der Waals surface area contributed by atoms with Crippen LogP contribution in [0.1, 0.15) is 38.1 Å². The van der Waals surface area contributed by atoms with Crippen molar-refractivity contribution in [2.45, 2.75) is 46.2 Å². The van der Waals surface area contributed by atoms with Gasteiger partial charge in [-0.3, -0.25) is 19.4 Å². The second kappa shape index (κ2) is 9.52. The van der Waals surface area contributed by atoms with E-state index in [-0.39, 0.29) is 23.8 Å². The van der Waals surface area contributed by atoms with Crippen LogP contribution in [0, 0.1) is 12.8 Å². The van der Waals surface area contributed by atoms with Crippen molar-refractivity contribution in [1.82, 2.24) is 19.9 Å². The number of hydrogen-bond acceptors (Lipinski definition) is 7. The van der Waals surface area contributed by atoms with Crippen LogP contribution in [0.4, 0.5) is 0 Å². The Bertz CT molecular complexity index is 669. The summed E-state index contributed by atoms with van der Waals surface area (Å²) in [6.45, 7) is 11.6. The Morgan fingerprint density at radius 3 is 2.68 bits per heavy atom. The molecule has 0 aliphatic carbocycles. The van der Waals surface area contributed by atoms with Crippen molar-refractivity contribution in [3.8, 4) is 0 Å². The smallest absolute Gasteiger partial charge is 0.310 e. The largest absolute Gasteiger partial charge is 0.466 e. The van der Waals surface area contributed by atoms with E-state index < -0.39 is 0 Å². The predicted molar refractivity (Wildman–Crippen MR) is 103 cm³/mol. The zero-order valence-corrected chi connectivity index (χ0v) is 17.2. The van der Waals surface area contributed by atoms with Gasteiger partial charge in [-0.05, 0) is 33.6 Å². The average molecular weight is 393 g/mol. The van der Waals surface area contributed by atoms with Crippen LogP contribution in [-0.2, 0) is 20.9 Å². The summed E-state index contributed by atoms with van der Waals surface area (Å²) < 4.78 is 10.3.